The second-order valence-electron chi connectivity index (χ2n) is 6.10. The molecular weight excluding hydrogens is 409 g/mol. The van der Waals surface area contributed by atoms with Gasteiger partial charge in [0.2, 0.25) is 0 Å². The number of halogens is 2. The van der Waals surface area contributed by atoms with Crippen LogP contribution in [0.2, 0.25) is 5.02 Å². The zero-order valence-corrected chi connectivity index (χ0v) is 16.4. The Balaban J connectivity index is 1.57. The first-order chi connectivity index (χ1) is 14.5. The third-order valence-electron chi connectivity index (χ3n) is 3.81. The topological polar surface area (TPSA) is 64.6 Å². The Morgan fingerprint density at radius 3 is 2.47 bits per heavy atom. The Labute approximate surface area is 177 Å². The SMILES string of the molecule is O=C(COC(=O)/C=C/c1ccc(F)cc1)Nc1cc(Cl)ccc1Oc1ccccc1. The number of anilines is 1. The van der Waals surface area contributed by atoms with Crippen molar-refractivity contribution in [1.29, 1.82) is 0 Å². The van der Waals surface area contributed by atoms with Gasteiger partial charge in [-0.15, -0.1) is 0 Å². The Kier molecular flexibility index (Phi) is 7.19. The first kappa shape index (κ1) is 21.1. The summed E-state index contributed by atoms with van der Waals surface area (Å²) in [6.07, 6.45) is 2.62. The lowest BCUT2D eigenvalue weighted by Crippen LogP contribution is -2.20. The van der Waals surface area contributed by atoms with E-state index in [1.807, 2.05) is 18.2 Å². The highest BCUT2D eigenvalue weighted by Gasteiger charge is 2.11. The average Bonchev–Trinajstić information content (AvgIpc) is 2.74. The molecule has 30 heavy (non-hydrogen) atoms. The Morgan fingerprint density at radius 2 is 1.73 bits per heavy atom. The van der Waals surface area contributed by atoms with Crippen molar-refractivity contribution in [3.63, 3.8) is 0 Å². The van der Waals surface area contributed by atoms with Crippen LogP contribution < -0.4 is 10.1 Å². The second-order valence-corrected chi connectivity index (χ2v) is 6.53. The lowest BCUT2D eigenvalue weighted by molar-refractivity contribution is -0.142. The van der Waals surface area contributed by atoms with E-state index in [9.17, 15) is 14.0 Å². The van der Waals surface area contributed by atoms with Gasteiger partial charge in [0, 0.05) is 11.1 Å². The molecule has 1 amide bonds. The minimum Gasteiger partial charge on any atom is -0.455 e. The fourth-order valence-electron chi connectivity index (χ4n) is 2.41. The number of rotatable bonds is 7. The number of nitrogens with one attached hydrogen (secondary N) is 1. The smallest absolute Gasteiger partial charge is 0.331 e. The zero-order valence-electron chi connectivity index (χ0n) is 15.7. The van der Waals surface area contributed by atoms with Crippen LogP contribution in [0.4, 0.5) is 10.1 Å². The molecule has 152 valence electrons. The van der Waals surface area contributed by atoms with Crippen molar-refractivity contribution in [2.45, 2.75) is 0 Å². The van der Waals surface area contributed by atoms with Crippen LogP contribution in [0, 0.1) is 5.82 Å². The van der Waals surface area contributed by atoms with Crippen molar-refractivity contribution < 1.29 is 23.5 Å². The van der Waals surface area contributed by atoms with Crippen molar-refractivity contribution in [2.24, 2.45) is 0 Å². The summed E-state index contributed by atoms with van der Waals surface area (Å²) < 4.78 is 23.6. The normalized spacial score (nSPS) is 10.6. The lowest BCUT2D eigenvalue weighted by atomic mass is 10.2. The molecule has 0 unspecified atom stereocenters. The summed E-state index contributed by atoms with van der Waals surface area (Å²) in [7, 11) is 0. The maximum Gasteiger partial charge on any atom is 0.331 e. The number of amides is 1. The van der Waals surface area contributed by atoms with Gasteiger partial charge >= 0.3 is 5.97 Å². The van der Waals surface area contributed by atoms with Gasteiger partial charge in [-0.3, -0.25) is 4.79 Å². The quantitative estimate of drug-likeness (QED) is 0.403. The molecule has 5 nitrogen and oxygen atoms in total. The highest BCUT2D eigenvalue weighted by atomic mass is 35.5. The summed E-state index contributed by atoms with van der Waals surface area (Å²) in [5.41, 5.74) is 0.966. The number of hydrogen-bond donors (Lipinski definition) is 1. The van der Waals surface area contributed by atoms with E-state index in [2.05, 4.69) is 5.32 Å². The van der Waals surface area contributed by atoms with E-state index in [4.69, 9.17) is 21.1 Å². The van der Waals surface area contributed by atoms with Crippen LogP contribution in [0.5, 0.6) is 11.5 Å². The van der Waals surface area contributed by atoms with Crippen LogP contribution >= 0.6 is 11.6 Å². The molecule has 0 aliphatic rings. The maximum atomic E-state index is 12.9. The average molecular weight is 426 g/mol. The molecule has 0 saturated carbocycles. The van der Waals surface area contributed by atoms with Gasteiger partial charge in [0.15, 0.2) is 12.4 Å². The number of carbonyl (C=O) groups excluding carboxylic acids is 2. The molecule has 0 heterocycles. The van der Waals surface area contributed by atoms with Crippen molar-refractivity contribution >= 4 is 35.2 Å². The van der Waals surface area contributed by atoms with Gasteiger partial charge in [0.1, 0.15) is 11.6 Å². The van der Waals surface area contributed by atoms with Crippen LogP contribution in [-0.4, -0.2) is 18.5 Å². The van der Waals surface area contributed by atoms with Gasteiger partial charge in [-0.25, -0.2) is 9.18 Å². The minimum atomic E-state index is -0.707. The van der Waals surface area contributed by atoms with Gasteiger partial charge in [-0.05, 0) is 54.1 Å². The number of para-hydroxylation sites is 1. The molecule has 0 radical (unpaired) electrons. The molecule has 7 heteroatoms. The van der Waals surface area contributed by atoms with E-state index in [1.54, 1.807) is 24.3 Å². The third-order valence-corrected chi connectivity index (χ3v) is 4.05. The third kappa shape index (κ3) is 6.46. The Bertz CT molecular complexity index is 1050. The fourth-order valence-corrected chi connectivity index (χ4v) is 2.59. The number of benzene rings is 3. The maximum absolute atomic E-state index is 12.9. The molecule has 0 fully saturated rings. The summed E-state index contributed by atoms with van der Waals surface area (Å²) >= 11 is 6.02. The number of esters is 1. The molecule has 3 rings (SSSR count). The molecule has 3 aromatic rings. The van der Waals surface area contributed by atoms with Crippen LogP contribution in [0.3, 0.4) is 0 Å². The van der Waals surface area contributed by atoms with Gasteiger partial charge in [0.25, 0.3) is 5.91 Å². The second kappa shape index (κ2) is 10.2. The van der Waals surface area contributed by atoms with Crippen molar-refractivity contribution in [2.75, 3.05) is 11.9 Å². The summed E-state index contributed by atoms with van der Waals surface area (Å²) in [6, 6.07) is 19.4. The number of hydrogen-bond acceptors (Lipinski definition) is 4. The molecule has 0 bridgehead atoms. The first-order valence-electron chi connectivity index (χ1n) is 8.92. The number of carbonyl (C=O) groups is 2. The van der Waals surface area contributed by atoms with Crippen molar-refractivity contribution in [3.05, 3.63) is 95.3 Å². The van der Waals surface area contributed by atoms with E-state index in [-0.39, 0.29) is 5.82 Å². The largest absolute Gasteiger partial charge is 0.455 e. The van der Waals surface area contributed by atoms with E-state index >= 15 is 0 Å². The molecule has 3 aromatic carbocycles. The van der Waals surface area contributed by atoms with Gasteiger partial charge in [-0.2, -0.15) is 0 Å². The highest BCUT2D eigenvalue weighted by Crippen LogP contribution is 2.31. The van der Waals surface area contributed by atoms with Gasteiger partial charge in [-0.1, -0.05) is 41.9 Å². The molecule has 0 aliphatic carbocycles. The van der Waals surface area contributed by atoms with E-state index in [0.717, 1.165) is 6.08 Å². The van der Waals surface area contributed by atoms with Crippen molar-refractivity contribution in [3.8, 4) is 11.5 Å². The fraction of sp³-hybridized carbons (Fsp3) is 0.0435. The van der Waals surface area contributed by atoms with Gasteiger partial charge in [0.05, 0.1) is 5.69 Å². The summed E-state index contributed by atoms with van der Waals surface area (Å²) in [4.78, 5) is 24.0. The first-order valence-corrected chi connectivity index (χ1v) is 9.30. The van der Waals surface area contributed by atoms with Crippen LogP contribution in [0.1, 0.15) is 5.56 Å². The van der Waals surface area contributed by atoms with Crippen LogP contribution in [0.15, 0.2) is 78.9 Å². The van der Waals surface area contributed by atoms with E-state index in [1.165, 1.54) is 36.4 Å². The molecule has 1 N–H and O–H groups in total. The Morgan fingerprint density at radius 1 is 1.00 bits per heavy atom. The monoisotopic (exact) mass is 425 g/mol. The summed E-state index contributed by atoms with van der Waals surface area (Å²) in [5, 5.41) is 3.02. The zero-order chi connectivity index (χ0) is 21.3. The number of ether oxygens (including phenoxy) is 2. The summed E-state index contributed by atoms with van der Waals surface area (Å²) in [6.45, 7) is -0.496. The lowest BCUT2D eigenvalue weighted by Gasteiger charge is -2.12. The summed E-state index contributed by atoms with van der Waals surface area (Å²) in [5.74, 6) is -0.655. The van der Waals surface area contributed by atoms with Crippen molar-refractivity contribution in [1.82, 2.24) is 0 Å². The molecule has 0 saturated heterocycles. The van der Waals surface area contributed by atoms with Crippen LogP contribution in [0.25, 0.3) is 6.08 Å². The molecule has 0 atom stereocenters. The molecule has 0 aromatic heterocycles. The van der Waals surface area contributed by atoms with E-state index < -0.39 is 18.5 Å². The predicted molar refractivity (Wildman–Crippen MR) is 113 cm³/mol. The predicted octanol–water partition coefficient (Wildman–Crippen LogP) is 5.47. The van der Waals surface area contributed by atoms with Gasteiger partial charge < -0.3 is 14.8 Å². The van der Waals surface area contributed by atoms with Crippen LogP contribution in [-0.2, 0) is 14.3 Å². The molecule has 0 aliphatic heterocycles. The molecular formula is C23H17ClFNO4. The molecule has 0 spiro atoms. The minimum absolute atomic E-state index is 0.342. The standard InChI is InChI=1S/C23H17ClFNO4/c24-17-9-12-21(30-19-4-2-1-3-5-19)20(14-17)26-22(27)15-29-23(28)13-8-16-6-10-18(25)11-7-16/h1-14H,15H2,(H,26,27)/b13-8+. The van der Waals surface area contributed by atoms with E-state index in [0.29, 0.717) is 27.8 Å². The highest BCUT2D eigenvalue weighted by molar-refractivity contribution is 6.31. The Hall–Kier alpha value is -3.64.